The first-order valence-corrected chi connectivity index (χ1v) is 7.92. The Morgan fingerprint density at radius 1 is 1.04 bits per heavy atom. The van der Waals surface area contributed by atoms with Gasteiger partial charge in [-0.2, -0.15) is 0 Å². The summed E-state index contributed by atoms with van der Waals surface area (Å²) in [4.78, 5) is 12.3. The molecule has 1 N–H and O–H groups in total. The predicted octanol–water partition coefficient (Wildman–Crippen LogP) is 3.91. The van der Waals surface area contributed by atoms with Crippen molar-refractivity contribution in [2.75, 3.05) is 18.5 Å². The van der Waals surface area contributed by atoms with E-state index in [-0.39, 0.29) is 5.91 Å². The summed E-state index contributed by atoms with van der Waals surface area (Å²) in [6.07, 6.45) is 1.02. The molecule has 4 heteroatoms. The summed E-state index contributed by atoms with van der Waals surface area (Å²) in [6.45, 7) is 5.45. The molecule has 0 saturated carbocycles. The highest BCUT2D eigenvalue weighted by Gasteiger charge is 2.13. The minimum absolute atomic E-state index is 0.127. The Hall–Kier alpha value is -2.49. The first-order chi connectivity index (χ1) is 11.1. The zero-order chi connectivity index (χ0) is 16.2. The SMILES string of the molecule is CC(C)Cc1ccc(C(=O)Nc2ccc3c(c2)OCCO3)cc1. The number of hydrogen-bond donors (Lipinski definition) is 1. The van der Waals surface area contributed by atoms with Crippen LogP contribution in [0.4, 0.5) is 5.69 Å². The van der Waals surface area contributed by atoms with E-state index in [2.05, 4.69) is 19.2 Å². The van der Waals surface area contributed by atoms with Crippen molar-refractivity contribution in [2.45, 2.75) is 20.3 Å². The van der Waals surface area contributed by atoms with Crippen LogP contribution in [0.3, 0.4) is 0 Å². The smallest absolute Gasteiger partial charge is 0.255 e. The van der Waals surface area contributed by atoms with Crippen LogP contribution >= 0.6 is 0 Å². The van der Waals surface area contributed by atoms with E-state index in [0.29, 0.717) is 41.9 Å². The minimum atomic E-state index is -0.127. The first-order valence-electron chi connectivity index (χ1n) is 7.92. The van der Waals surface area contributed by atoms with Crippen LogP contribution in [0.2, 0.25) is 0 Å². The Morgan fingerprint density at radius 3 is 2.43 bits per heavy atom. The standard InChI is InChI=1S/C19H21NO3/c1-13(2)11-14-3-5-15(6-4-14)19(21)20-16-7-8-17-18(12-16)23-10-9-22-17/h3-8,12-13H,9-11H2,1-2H3,(H,20,21). The molecule has 2 aromatic rings. The molecule has 2 aromatic carbocycles. The lowest BCUT2D eigenvalue weighted by atomic mass is 10.0. The molecule has 120 valence electrons. The van der Waals surface area contributed by atoms with Gasteiger partial charge in [0.1, 0.15) is 13.2 Å². The number of anilines is 1. The summed E-state index contributed by atoms with van der Waals surface area (Å²) < 4.78 is 11.0. The number of carbonyl (C=O) groups excluding carboxylic acids is 1. The molecule has 0 fully saturated rings. The molecule has 3 rings (SSSR count). The fraction of sp³-hybridized carbons (Fsp3) is 0.316. The largest absolute Gasteiger partial charge is 0.486 e. The first kappa shape index (κ1) is 15.4. The molecule has 1 heterocycles. The third-order valence-corrected chi connectivity index (χ3v) is 3.66. The topological polar surface area (TPSA) is 47.6 Å². The Morgan fingerprint density at radius 2 is 1.74 bits per heavy atom. The predicted molar refractivity (Wildman–Crippen MR) is 90.4 cm³/mol. The molecule has 1 aliphatic heterocycles. The summed E-state index contributed by atoms with van der Waals surface area (Å²) in [5.41, 5.74) is 2.59. The fourth-order valence-electron chi connectivity index (χ4n) is 2.59. The van der Waals surface area contributed by atoms with Crippen molar-refractivity contribution in [1.29, 1.82) is 0 Å². The van der Waals surface area contributed by atoms with E-state index < -0.39 is 0 Å². The summed E-state index contributed by atoms with van der Waals surface area (Å²) in [6, 6.07) is 13.2. The average Bonchev–Trinajstić information content (AvgIpc) is 2.55. The van der Waals surface area contributed by atoms with Gasteiger partial charge in [0.15, 0.2) is 11.5 Å². The van der Waals surface area contributed by atoms with Gasteiger partial charge in [0.05, 0.1) is 0 Å². The molecule has 1 aliphatic rings. The van der Waals surface area contributed by atoms with Crippen molar-refractivity contribution in [3.63, 3.8) is 0 Å². The van der Waals surface area contributed by atoms with E-state index in [1.165, 1.54) is 5.56 Å². The highest BCUT2D eigenvalue weighted by atomic mass is 16.6. The second-order valence-corrected chi connectivity index (χ2v) is 6.11. The molecule has 0 saturated heterocycles. The third-order valence-electron chi connectivity index (χ3n) is 3.66. The number of carbonyl (C=O) groups is 1. The number of rotatable bonds is 4. The van der Waals surface area contributed by atoms with Gasteiger partial charge in [0.2, 0.25) is 0 Å². The average molecular weight is 311 g/mol. The van der Waals surface area contributed by atoms with Crippen molar-refractivity contribution >= 4 is 11.6 Å². The van der Waals surface area contributed by atoms with Crippen molar-refractivity contribution in [1.82, 2.24) is 0 Å². The normalized spacial score (nSPS) is 13.0. The Bertz CT molecular complexity index is 692. The number of benzene rings is 2. The number of amides is 1. The fourth-order valence-corrected chi connectivity index (χ4v) is 2.59. The lowest BCUT2D eigenvalue weighted by Crippen LogP contribution is -2.16. The molecular formula is C19H21NO3. The minimum Gasteiger partial charge on any atom is -0.486 e. The molecule has 0 atom stereocenters. The van der Waals surface area contributed by atoms with Gasteiger partial charge in [0, 0.05) is 17.3 Å². The number of fused-ring (bicyclic) bond motifs is 1. The second kappa shape index (κ2) is 6.73. The molecule has 0 radical (unpaired) electrons. The molecule has 0 aromatic heterocycles. The molecule has 4 nitrogen and oxygen atoms in total. The van der Waals surface area contributed by atoms with Crippen LogP contribution in [0, 0.1) is 5.92 Å². The van der Waals surface area contributed by atoms with Crippen molar-refractivity contribution in [3.8, 4) is 11.5 Å². The highest BCUT2D eigenvalue weighted by Crippen LogP contribution is 2.32. The Labute approximate surface area is 136 Å². The maximum atomic E-state index is 12.3. The molecular weight excluding hydrogens is 290 g/mol. The van der Waals surface area contributed by atoms with Crippen molar-refractivity contribution < 1.29 is 14.3 Å². The quantitative estimate of drug-likeness (QED) is 0.931. The van der Waals surface area contributed by atoms with Crippen LogP contribution in [0.1, 0.15) is 29.8 Å². The van der Waals surface area contributed by atoms with Gasteiger partial charge in [-0.15, -0.1) is 0 Å². The van der Waals surface area contributed by atoms with Gasteiger partial charge in [-0.25, -0.2) is 0 Å². The van der Waals surface area contributed by atoms with Crippen LogP contribution in [0.15, 0.2) is 42.5 Å². The number of ether oxygens (including phenoxy) is 2. The Balaban J connectivity index is 1.69. The number of nitrogens with one attached hydrogen (secondary N) is 1. The van der Waals surface area contributed by atoms with E-state index in [9.17, 15) is 4.79 Å². The molecule has 0 unspecified atom stereocenters. The Kier molecular flexibility index (Phi) is 4.51. The monoisotopic (exact) mass is 311 g/mol. The lowest BCUT2D eigenvalue weighted by Gasteiger charge is -2.19. The summed E-state index contributed by atoms with van der Waals surface area (Å²) in [5.74, 6) is 1.86. The van der Waals surface area contributed by atoms with E-state index >= 15 is 0 Å². The van der Waals surface area contributed by atoms with Crippen LogP contribution in [0.25, 0.3) is 0 Å². The zero-order valence-corrected chi connectivity index (χ0v) is 13.5. The maximum absolute atomic E-state index is 12.3. The zero-order valence-electron chi connectivity index (χ0n) is 13.5. The van der Waals surface area contributed by atoms with Gasteiger partial charge in [-0.1, -0.05) is 26.0 Å². The highest BCUT2D eigenvalue weighted by molar-refractivity contribution is 6.04. The summed E-state index contributed by atoms with van der Waals surface area (Å²) >= 11 is 0. The van der Waals surface area contributed by atoms with E-state index in [1.807, 2.05) is 36.4 Å². The van der Waals surface area contributed by atoms with Gasteiger partial charge in [0.25, 0.3) is 5.91 Å². The van der Waals surface area contributed by atoms with Crippen LogP contribution in [0.5, 0.6) is 11.5 Å². The van der Waals surface area contributed by atoms with Gasteiger partial charge in [-0.05, 0) is 42.2 Å². The van der Waals surface area contributed by atoms with Crippen molar-refractivity contribution in [2.24, 2.45) is 5.92 Å². The van der Waals surface area contributed by atoms with Gasteiger partial charge >= 0.3 is 0 Å². The van der Waals surface area contributed by atoms with Crippen molar-refractivity contribution in [3.05, 3.63) is 53.6 Å². The molecule has 0 bridgehead atoms. The molecule has 23 heavy (non-hydrogen) atoms. The van der Waals surface area contributed by atoms with E-state index in [1.54, 1.807) is 6.07 Å². The van der Waals surface area contributed by atoms with Crippen LogP contribution < -0.4 is 14.8 Å². The van der Waals surface area contributed by atoms with E-state index in [0.717, 1.165) is 6.42 Å². The number of hydrogen-bond acceptors (Lipinski definition) is 3. The second-order valence-electron chi connectivity index (χ2n) is 6.11. The molecule has 0 aliphatic carbocycles. The third kappa shape index (κ3) is 3.83. The van der Waals surface area contributed by atoms with E-state index in [4.69, 9.17) is 9.47 Å². The maximum Gasteiger partial charge on any atom is 0.255 e. The van der Waals surface area contributed by atoms with Crippen LogP contribution in [-0.2, 0) is 6.42 Å². The van der Waals surface area contributed by atoms with Crippen LogP contribution in [-0.4, -0.2) is 19.1 Å². The lowest BCUT2D eigenvalue weighted by molar-refractivity contribution is 0.102. The summed E-state index contributed by atoms with van der Waals surface area (Å²) in [5, 5.41) is 2.89. The molecule has 1 amide bonds. The van der Waals surface area contributed by atoms with Gasteiger partial charge < -0.3 is 14.8 Å². The van der Waals surface area contributed by atoms with Gasteiger partial charge in [-0.3, -0.25) is 4.79 Å². The summed E-state index contributed by atoms with van der Waals surface area (Å²) in [7, 11) is 0. The molecule has 0 spiro atoms.